The van der Waals surface area contributed by atoms with Gasteiger partial charge < -0.3 is 0 Å². The molecule has 0 radical (unpaired) electrons. The van der Waals surface area contributed by atoms with Crippen molar-refractivity contribution in [2.45, 2.75) is 45.4 Å². The van der Waals surface area contributed by atoms with Crippen molar-refractivity contribution in [3.8, 4) is 39.2 Å². The summed E-state index contributed by atoms with van der Waals surface area (Å²) >= 11 is 1.27. The molecule has 0 bridgehead atoms. The van der Waals surface area contributed by atoms with Crippen LogP contribution in [0.4, 0.5) is 8.78 Å². The number of sulfonamides is 1. The van der Waals surface area contributed by atoms with Gasteiger partial charge >= 0.3 is 0 Å². The van der Waals surface area contributed by atoms with Crippen LogP contribution in [0.25, 0.3) is 38.7 Å². The lowest BCUT2D eigenvalue weighted by atomic mass is 9.91. The predicted octanol–water partition coefficient (Wildman–Crippen LogP) is 7.15. The smallest absolute Gasteiger partial charge is 0.211 e. The largest absolute Gasteiger partial charge is 0.299 e. The molecule has 5 aromatic rings. The lowest BCUT2D eigenvalue weighted by Crippen LogP contribution is -2.37. The van der Waals surface area contributed by atoms with E-state index in [2.05, 4.69) is 18.3 Å². The normalized spacial score (nSPS) is 14.7. The van der Waals surface area contributed by atoms with Crippen LogP contribution in [0.2, 0.25) is 0 Å². The molecule has 0 aliphatic carbocycles. The van der Waals surface area contributed by atoms with E-state index in [0.717, 1.165) is 41.0 Å². The number of aromatic nitrogens is 3. The topological polar surface area (TPSA) is 91.4 Å². The highest BCUT2D eigenvalue weighted by atomic mass is 32.2. The molecule has 0 unspecified atom stereocenters. The Morgan fingerprint density at radius 1 is 1.02 bits per heavy atom. The summed E-state index contributed by atoms with van der Waals surface area (Å²) in [7, 11) is -3.21. The highest BCUT2D eigenvalue weighted by molar-refractivity contribution is 7.88. The zero-order valence-electron chi connectivity index (χ0n) is 24.6. The van der Waals surface area contributed by atoms with Crippen LogP contribution in [0.5, 0.6) is 0 Å². The minimum atomic E-state index is -3.21. The van der Waals surface area contributed by atoms with Gasteiger partial charge in [-0.05, 0) is 79.6 Å². The molecule has 1 saturated heterocycles. The summed E-state index contributed by atoms with van der Waals surface area (Å²) < 4.78 is 57.3. The van der Waals surface area contributed by atoms with Gasteiger partial charge in [-0.15, -0.1) is 11.3 Å². The van der Waals surface area contributed by atoms with Crippen LogP contribution >= 0.6 is 11.3 Å². The fraction of sp³-hybridized carbons (Fsp3) is 0.303. The number of aryl methyl sites for hydroxylation is 1. The molecule has 3 aromatic heterocycles. The highest BCUT2D eigenvalue weighted by Gasteiger charge is 2.27. The van der Waals surface area contributed by atoms with E-state index in [-0.39, 0.29) is 18.2 Å². The highest BCUT2D eigenvalue weighted by Crippen LogP contribution is 2.39. The van der Waals surface area contributed by atoms with Crippen molar-refractivity contribution in [2.24, 2.45) is 0 Å². The van der Waals surface area contributed by atoms with Gasteiger partial charge in [-0.2, -0.15) is 5.26 Å². The molecule has 2 aromatic carbocycles. The first-order chi connectivity index (χ1) is 21.1. The fourth-order valence-electron chi connectivity index (χ4n) is 6.00. The van der Waals surface area contributed by atoms with Gasteiger partial charge in [-0.1, -0.05) is 19.1 Å². The molecule has 0 spiro atoms. The maximum Gasteiger partial charge on any atom is 0.211 e. The molecule has 1 aliphatic heterocycles. The van der Waals surface area contributed by atoms with Crippen LogP contribution in [0.3, 0.4) is 0 Å². The predicted molar refractivity (Wildman–Crippen MR) is 169 cm³/mol. The molecule has 0 saturated carbocycles. The Labute approximate surface area is 259 Å². The van der Waals surface area contributed by atoms with Crippen molar-refractivity contribution < 1.29 is 17.2 Å². The van der Waals surface area contributed by atoms with Gasteiger partial charge in [0.2, 0.25) is 10.0 Å². The molecule has 1 fully saturated rings. The number of rotatable bonds is 7. The zero-order valence-corrected chi connectivity index (χ0v) is 26.3. The summed E-state index contributed by atoms with van der Waals surface area (Å²) in [5.74, 6) is -0.556. The molecule has 226 valence electrons. The van der Waals surface area contributed by atoms with Crippen LogP contribution in [0.15, 0.2) is 54.7 Å². The van der Waals surface area contributed by atoms with Crippen LogP contribution in [0.1, 0.15) is 47.4 Å². The third-order valence-electron chi connectivity index (χ3n) is 8.37. The van der Waals surface area contributed by atoms with Crippen LogP contribution in [-0.4, -0.2) is 46.4 Å². The number of benzene rings is 2. The standard InChI is InChI=1S/C33H31F2N5O2S2/c1-4-27-32(40-19-23(7-12-29(40)37-27)21-14-17-39(18-15-21)44(3,41)42)25-10-11-26(30(35)20(25)2)33-38-31(28(43-33)13-16-36)22-5-8-24(34)9-6-22/h5-12,19,21H,4,13-15,17-18H2,1-3H3. The van der Waals surface area contributed by atoms with Crippen molar-refractivity contribution in [1.29, 1.82) is 5.26 Å². The molecular weight excluding hydrogens is 601 g/mol. The molecule has 44 heavy (non-hydrogen) atoms. The van der Waals surface area contributed by atoms with Gasteiger partial charge in [-0.25, -0.2) is 31.5 Å². The van der Waals surface area contributed by atoms with Crippen LogP contribution in [-0.2, 0) is 22.9 Å². The first-order valence-corrected chi connectivity index (χ1v) is 17.1. The molecule has 6 rings (SSSR count). The van der Waals surface area contributed by atoms with E-state index in [1.165, 1.54) is 34.0 Å². The monoisotopic (exact) mass is 631 g/mol. The number of nitrogens with zero attached hydrogens (tertiary/aromatic N) is 5. The van der Waals surface area contributed by atoms with Crippen molar-refractivity contribution >= 4 is 27.0 Å². The number of pyridine rings is 1. The molecule has 1 aliphatic rings. The quantitative estimate of drug-likeness (QED) is 0.190. The summed E-state index contributed by atoms with van der Waals surface area (Å²) in [5, 5.41) is 9.86. The maximum absolute atomic E-state index is 16.2. The maximum atomic E-state index is 16.2. The first kappa shape index (κ1) is 30.1. The van der Waals surface area contributed by atoms with E-state index in [4.69, 9.17) is 9.97 Å². The minimum absolute atomic E-state index is 0.111. The third-order valence-corrected chi connectivity index (χ3v) is 10.8. The van der Waals surface area contributed by atoms with Gasteiger partial charge in [0.1, 0.15) is 22.3 Å². The van der Waals surface area contributed by atoms with Crippen LogP contribution < -0.4 is 0 Å². The van der Waals surface area contributed by atoms with Gasteiger partial charge in [0.15, 0.2) is 0 Å². The van der Waals surface area contributed by atoms with E-state index in [0.29, 0.717) is 51.8 Å². The summed E-state index contributed by atoms with van der Waals surface area (Å²) in [4.78, 5) is 10.3. The number of nitriles is 1. The molecular formula is C33H31F2N5O2S2. The Balaban J connectivity index is 1.39. The number of piperidine rings is 1. The summed E-state index contributed by atoms with van der Waals surface area (Å²) in [5.41, 5.74) is 6.31. The van der Waals surface area contributed by atoms with E-state index in [1.54, 1.807) is 25.1 Å². The fourth-order valence-corrected chi connectivity index (χ4v) is 7.91. The van der Waals surface area contributed by atoms with E-state index in [9.17, 15) is 18.1 Å². The average molecular weight is 632 g/mol. The van der Waals surface area contributed by atoms with Crippen molar-refractivity contribution in [2.75, 3.05) is 19.3 Å². The SMILES string of the molecule is CCc1nc2ccc(C3CCN(S(C)(=O)=O)CC3)cn2c1-c1ccc(-c2nc(-c3ccc(F)cc3)c(CC#N)s2)c(F)c1C. The Hall–Kier alpha value is -3.98. The number of hydrogen-bond acceptors (Lipinski definition) is 6. The lowest BCUT2D eigenvalue weighted by Gasteiger charge is -2.30. The van der Waals surface area contributed by atoms with Gasteiger partial charge in [-0.3, -0.25) is 4.40 Å². The number of fused-ring (bicyclic) bond motifs is 1. The second kappa shape index (κ2) is 11.8. The number of thiazole rings is 1. The van der Waals surface area contributed by atoms with Gasteiger partial charge in [0.05, 0.1) is 35.8 Å². The van der Waals surface area contributed by atoms with E-state index >= 15 is 4.39 Å². The molecule has 0 amide bonds. The molecule has 4 heterocycles. The van der Waals surface area contributed by atoms with E-state index < -0.39 is 15.8 Å². The Morgan fingerprint density at radius 2 is 1.73 bits per heavy atom. The molecule has 7 nitrogen and oxygen atoms in total. The second-order valence-corrected chi connectivity index (χ2v) is 14.2. The van der Waals surface area contributed by atoms with Gasteiger partial charge in [0.25, 0.3) is 0 Å². The second-order valence-electron chi connectivity index (χ2n) is 11.1. The Morgan fingerprint density at radius 3 is 2.39 bits per heavy atom. The minimum Gasteiger partial charge on any atom is -0.299 e. The molecule has 11 heteroatoms. The van der Waals surface area contributed by atoms with Crippen LogP contribution in [0, 0.1) is 29.9 Å². The van der Waals surface area contributed by atoms with Crippen molar-refractivity contribution in [3.05, 3.63) is 88.1 Å². The summed E-state index contributed by atoms with van der Waals surface area (Å²) in [6.45, 7) is 4.75. The molecule has 0 atom stereocenters. The average Bonchev–Trinajstić information content (AvgIpc) is 3.60. The summed E-state index contributed by atoms with van der Waals surface area (Å²) in [6.07, 6.45) is 5.54. The number of halogens is 2. The van der Waals surface area contributed by atoms with Crippen molar-refractivity contribution in [1.82, 2.24) is 18.7 Å². The lowest BCUT2D eigenvalue weighted by molar-refractivity contribution is 0.321. The molecule has 0 N–H and O–H groups in total. The number of imidazole rings is 1. The Bertz CT molecular complexity index is 2020. The zero-order chi connectivity index (χ0) is 31.2. The van der Waals surface area contributed by atoms with Gasteiger partial charge in [0, 0.05) is 40.9 Å². The Kier molecular flexibility index (Phi) is 8.09. The van der Waals surface area contributed by atoms with Crippen molar-refractivity contribution in [3.63, 3.8) is 0 Å². The first-order valence-electron chi connectivity index (χ1n) is 14.5. The number of hydrogen-bond donors (Lipinski definition) is 0. The van der Waals surface area contributed by atoms with E-state index in [1.807, 2.05) is 23.5 Å². The summed E-state index contributed by atoms with van der Waals surface area (Å²) in [6, 6.07) is 15.7. The third kappa shape index (κ3) is 5.54.